The lowest BCUT2D eigenvalue weighted by Gasteiger charge is -2.15. The number of hydrogen-bond acceptors (Lipinski definition) is 6. The van der Waals surface area contributed by atoms with E-state index >= 15 is 0 Å². The Bertz CT molecular complexity index is 925. The van der Waals surface area contributed by atoms with Crippen LogP contribution in [-0.2, 0) is 11.3 Å². The minimum Gasteiger partial charge on any atom is -0.497 e. The van der Waals surface area contributed by atoms with Crippen molar-refractivity contribution in [3.63, 3.8) is 0 Å². The monoisotopic (exact) mass is 415 g/mol. The molecule has 0 unspecified atom stereocenters. The third kappa shape index (κ3) is 5.30. The maximum absolute atomic E-state index is 12.3. The first kappa shape index (κ1) is 19.8. The van der Waals surface area contributed by atoms with Crippen molar-refractivity contribution in [1.82, 2.24) is 21.2 Å². The van der Waals surface area contributed by atoms with Crippen LogP contribution < -0.4 is 26.2 Å². The molecule has 28 heavy (non-hydrogen) atoms. The Morgan fingerprint density at radius 1 is 1.18 bits per heavy atom. The molecule has 3 rings (SSSR count). The highest BCUT2D eigenvalue weighted by Gasteiger charge is 2.14. The zero-order valence-corrected chi connectivity index (χ0v) is 17.1. The lowest BCUT2D eigenvalue weighted by molar-refractivity contribution is -0.122. The average Bonchev–Trinajstić information content (AvgIpc) is 3.13. The fourth-order valence-electron chi connectivity index (χ4n) is 2.38. The Balaban J connectivity index is 1.42. The number of methoxy groups -OCH3 is 1. The number of carbonyl (C=O) groups is 1. The van der Waals surface area contributed by atoms with Gasteiger partial charge in [-0.15, -0.1) is 0 Å². The molecule has 4 N–H and O–H groups in total. The summed E-state index contributed by atoms with van der Waals surface area (Å²) in [4.78, 5) is 16.7. The first-order valence-electron chi connectivity index (χ1n) is 8.64. The molecule has 2 aromatic carbocycles. The van der Waals surface area contributed by atoms with Gasteiger partial charge in [0.05, 0.1) is 17.3 Å². The van der Waals surface area contributed by atoms with Gasteiger partial charge >= 0.3 is 0 Å². The summed E-state index contributed by atoms with van der Waals surface area (Å²) in [5.74, 6) is 0.555. The highest BCUT2D eigenvalue weighted by molar-refractivity contribution is 7.80. The van der Waals surface area contributed by atoms with E-state index < -0.39 is 6.04 Å². The number of benzene rings is 2. The fourth-order valence-corrected chi connectivity index (χ4v) is 3.46. The number of ether oxygens (including phenoxy) is 1. The first-order chi connectivity index (χ1) is 13.5. The average molecular weight is 416 g/mol. The predicted molar refractivity (Wildman–Crippen MR) is 116 cm³/mol. The standard InChI is InChI=1S/C19H21N5O2S2/c1-12(21-19-22-15-5-3-4-6-16(15)28-19)17(25)23-24-18(27)20-11-13-7-9-14(26-2)10-8-13/h3-10,12H,11H2,1-2H3,(H,21,22)(H,23,25)(H2,20,24,27)/t12-/m1/s1. The van der Waals surface area contributed by atoms with Crippen LogP contribution in [0, 0.1) is 0 Å². The molecule has 1 atom stereocenters. The van der Waals surface area contributed by atoms with Crippen LogP contribution in [0.5, 0.6) is 5.75 Å². The number of para-hydroxylation sites is 1. The van der Waals surface area contributed by atoms with Gasteiger partial charge in [-0.1, -0.05) is 35.6 Å². The maximum atomic E-state index is 12.3. The van der Waals surface area contributed by atoms with E-state index in [1.807, 2.05) is 48.5 Å². The second-order valence-electron chi connectivity index (χ2n) is 6.00. The smallest absolute Gasteiger partial charge is 0.260 e. The molecule has 1 aromatic heterocycles. The summed E-state index contributed by atoms with van der Waals surface area (Å²) >= 11 is 6.69. The van der Waals surface area contributed by atoms with Gasteiger partial charge in [0.15, 0.2) is 10.2 Å². The number of hydrogen-bond donors (Lipinski definition) is 4. The molecular weight excluding hydrogens is 394 g/mol. The van der Waals surface area contributed by atoms with Crippen molar-refractivity contribution in [2.45, 2.75) is 19.5 Å². The zero-order valence-electron chi connectivity index (χ0n) is 15.5. The van der Waals surface area contributed by atoms with E-state index in [1.54, 1.807) is 14.0 Å². The van der Waals surface area contributed by atoms with Crippen LogP contribution in [0.1, 0.15) is 12.5 Å². The van der Waals surface area contributed by atoms with Crippen molar-refractivity contribution >= 4 is 49.9 Å². The van der Waals surface area contributed by atoms with Crippen LogP contribution in [0.25, 0.3) is 10.2 Å². The summed E-state index contributed by atoms with van der Waals surface area (Å²) in [5, 5.41) is 7.16. The van der Waals surface area contributed by atoms with E-state index in [4.69, 9.17) is 17.0 Å². The van der Waals surface area contributed by atoms with Gasteiger partial charge < -0.3 is 15.4 Å². The Hall–Kier alpha value is -2.91. The number of amides is 1. The van der Waals surface area contributed by atoms with Gasteiger partial charge in [0.2, 0.25) is 0 Å². The molecule has 0 bridgehead atoms. The first-order valence-corrected chi connectivity index (χ1v) is 9.86. The Morgan fingerprint density at radius 3 is 2.64 bits per heavy atom. The summed E-state index contributed by atoms with van der Waals surface area (Å²) in [7, 11) is 1.63. The van der Waals surface area contributed by atoms with Crippen molar-refractivity contribution < 1.29 is 9.53 Å². The molecule has 0 aliphatic carbocycles. The van der Waals surface area contributed by atoms with E-state index in [-0.39, 0.29) is 5.91 Å². The number of carbonyl (C=O) groups excluding carboxylic acids is 1. The van der Waals surface area contributed by atoms with Crippen LogP contribution in [-0.4, -0.2) is 29.2 Å². The second-order valence-corrected chi connectivity index (χ2v) is 7.44. The van der Waals surface area contributed by atoms with E-state index in [0.29, 0.717) is 16.8 Å². The molecule has 0 saturated carbocycles. The lowest BCUT2D eigenvalue weighted by atomic mass is 10.2. The van der Waals surface area contributed by atoms with E-state index in [1.165, 1.54) is 11.3 Å². The van der Waals surface area contributed by atoms with Gasteiger partial charge in [0, 0.05) is 6.54 Å². The number of thiocarbonyl (C=S) groups is 1. The molecular formula is C19H21N5O2S2. The van der Waals surface area contributed by atoms with E-state index in [9.17, 15) is 4.79 Å². The number of nitrogens with zero attached hydrogens (tertiary/aromatic N) is 1. The third-order valence-corrected chi connectivity index (χ3v) is 5.15. The summed E-state index contributed by atoms with van der Waals surface area (Å²) in [5.41, 5.74) is 7.25. The number of nitrogens with one attached hydrogen (secondary N) is 4. The quantitative estimate of drug-likeness (QED) is 0.364. The summed E-state index contributed by atoms with van der Waals surface area (Å²) in [6.45, 7) is 2.29. The molecule has 146 valence electrons. The minimum atomic E-state index is -0.475. The largest absolute Gasteiger partial charge is 0.497 e. The molecule has 0 fully saturated rings. The van der Waals surface area contributed by atoms with Crippen molar-refractivity contribution in [3.05, 3.63) is 54.1 Å². The van der Waals surface area contributed by atoms with Crippen LogP contribution in [0.2, 0.25) is 0 Å². The van der Waals surface area contributed by atoms with Crippen molar-refractivity contribution in [3.8, 4) is 5.75 Å². The summed E-state index contributed by atoms with van der Waals surface area (Å²) in [6, 6.07) is 15.0. The number of hydrazine groups is 1. The van der Waals surface area contributed by atoms with Crippen LogP contribution in [0.15, 0.2) is 48.5 Å². The van der Waals surface area contributed by atoms with Crippen LogP contribution >= 0.6 is 23.6 Å². The molecule has 0 spiro atoms. The third-order valence-electron chi connectivity index (χ3n) is 3.94. The van der Waals surface area contributed by atoms with Gasteiger partial charge in [-0.05, 0) is 49.0 Å². The number of rotatable bonds is 6. The number of fused-ring (bicyclic) bond motifs is 1. The maximum Gasteiger partial charge on any atom is 0.260 e. The van der Waals surface area contributed by atoms with Gasteiger partial charge in [0.1, 0.15) is 11.8 Å². The Kier molecular flexibility index (Phi) is 6.62. The highest BCUT2D eigenvalue weighted by atomic mass is 32.1. The summed E-state index contributed by atoms with van der Waals surface area (Å²) < 4.78 is 6.20. The topological polar surface area (TPSA) is 87.3 Å². The van der Waals surface area contributed by atoms with Gasteiger partial charge in [-0.25, -0.2) is 4.98 Å². The normalized spacial score (nSPS) is 11.5. The van der Waals surface area contributed by atoms with Crippen molar-refractivity contribution in [1.29, 1.82) is 0 Å². The minimum absolute atomic E-state index is 0.243. The number of aromatic nitrogens is 1. The summed E-state index contributed by atoms with van der Waals surface area (Å²) in [6.07, 6.45) is 0. The molecule has 0 aliphatic heterocycles. The molecule has 1 amide bonds. The van der Waals surface area contributed by atoms with Gasteiger partial charge in [-0.2, -0.15) is 0 Å². The van der Waals surface area contributed by atoms with Crippen LogP contribution in [0.4, 0.5) is 5.13 Å². The zero-order chi connectivity index (χ0) is 19.9. The predicted octanol–water partition coefficient (Wildman–Crippen LogP) is 2.80. The molecule has 0 aliphatic rings. The molecule has 0 radical (unpaired) electrons. The van der Waals surface area contributed by atoms with Crippen LogP contribution in [0.3, 0.4) is 0 Å². The molecule has 3 aromatic rings. The lowest BCUT2D eigenvalue weighted by Crippen LogP contribution is -2.50. The molecule has 9 heteroatoms. The van der Waals surface area contributed by atoms with Crippen molar-refractivity contribution in [2.24, 2.45) is 0 Å². The Labute approximate surface area is 172 Å². The van der Waals surface area contributed by atoms with Crippen molar-refractivity contribution in [2.75, 3.05) is 12.4 Å². The van der Waals surface area contributed by atoms with Gasteiger partial charge in [0.25, 0.3) is 5.91 Å². The number of anilines is 1. The SMILES string of the molecule is COc1ccc(CNC(=S)NNC(=O)[C@@H](C)Nc2nc3ccccc3s2)cc1. The fraction of sp³-hybridized carbons (Fsp3) is 0.211. The molecule has 7 nitrogen and oxygen atoms in total. The number of thiazole rings is 1. The van der Waals surface area contributed by atoms with E-state index in [2.05, 4.69) is 26.5 Å². The Morgan fingerprint density at radius 2 is 1.93 bits per heavy atom. The molecule has 0 saturated heterocycles. The molecule has 1 heterocycles. The van der Waals surface area contributed by atoms with E-state index in [0.717, 1.165) is 21.5 Å². The highest BCUT2D eigenvalue weighted by Crippen LogP contribution is 2.25. The second kappa shape index (κ2) is 9.34. The van der Waals surface area contributed by atoms with Gasteiger partial charge in [-0.3, -0.25) is 15.6 Å².